The molecule has 1 fully saturated rings. The van der Waals surface area contributed by atoms with Crippen molar-refractivity contribution in [2.45, 2.75) is 19.1 Å². The van der Waals surface area contributed by atoms with Crippen molar-refractivity contribution < 1.29 is 18.0 Å². The van der Waals surface area contributed by atoms with Gasteiger partial charge in [0, 0.05) is 0 Å². The van der Waals surface area contributed by atoms with Crippen LogP contribution in [0.4, 0.5) is 18.9 Å². The van der Waals surface area contributed by atoms with Crippen molar-refractivity contribution in [1.29, 1.82) is 0 Å². The Balaban J connectivity index is 2.26. The van der Waals surface area contributed by atoms with Crippen LogP contribution in [0.3, 0.4) is 0 Å². The van der Waals surface area contributed by atoms with E-state index in [9.17, 15) is 18.0 Å². The highest BCUT2D eigenvalue weighted by molar-refractivity contribution is 5.96. The van der Waals surface area contributed by atoms with Crippen LogP contribution in [0.15, 0.2) is 30.3 Å². The maximum Gasteiger partial charge on any atom is 0.406 e. The van der Waals surface area contributed by atoms with Crippen molar-refractivity contribution in [3.63, 3.8) is 0 Å². The van der Waals surface area contributed by atoms with Crippen molar-refractivity contribution >= 4 is 11.6 Å². The average molecular weight is 244 g/mol. The molecule has 0 saturated carbocycles. The Morgan fingerprint density at radius 1 is 1.24 bits per heavy atom. The topological polar surface area (TPSA) is 32.3 Å². The lowest BCUT2D eigenvalue weighted by atomic mass is 10.0. The number of carbonyl (C=O) groups excluding carboxylic acids is 1. The Morgan fingerprint density at radius 2 is 1.82 bits per heavy atom. The first-order valence-electron chi connectivity index (χ1n) is 5.13. The maximum absolute atomic E-state index is 12.6. The molecule has 1 N–H and O–H groups in total. The summed E-state index contributed by atoms with van der Waals surface area (Å²) in [5.74, 6) is -1.69. The molecule has 0 unspecified atom stereocenters. The number of alkyl halides is 3. The van der Waals surface area contributed by atoms with Crippen molar-refractivity contribution in [3.8, 4) is 0 Å². The zero-order chi connectivity index (χ0) is 12.6. The minimum Gasteiger partial charge on any atom is -0.273 e. The molecule has 1 aromatic carbocycles. The lowest BCUT2D eigenvalue weighted by Crippen LogP contribution is -2.45. The normalized spacial score (nSPS) is 25.4. The molecule has 1 heterocycles. The second-order valence-electron chi connectivity index (χ2n) is 3.95. The highest BCUT2D eigenvalue weighted by Crippen LogP contribution is 2.32. The summed E-state index contributed by atoms with van der Waals surface area (Å²) in [6, 6.07) is 6.39. The summed E-state index contributed by atoms with van der Waals surface area (Å²) in [6.07, 6.45) is -4.43. The van der Waals surface area contributed by atoms with E-state index in [1.165, 1.54) is 6.92 Å². The predicted molar refractivity (Wildman–Crippen MR) is 56.1 cm³/mol. The van der Waals surface area contributed by atoms with Gasteiger partial charge in [-0.15, -0.1) is 0 Å². The molecule has 1 aromatic rings. The fourth-order valence-electron chi connectivity index (χ4n) is 1.80. The molecule has 2 atom stereocenters. The second kappa shape index (κ2) is 4.03. The van der Waals surface area contributed by atoms with Crippen molar-refractivity contribution in [2.75, 3.05) is 5.01 Å². The molecule has 92 valence electrons. The third kappa shape index (κ3) is 2.12. The highest BCUT2D eigenvalue weighted by atomic mass is 19.4. The average Bonchev–Trinajstić information content (AvgIpc) is 2.57. The van der Waals surface area contributed by atoms with Gasteiger partial charge in [0.15, 0.2) is 0 Å². The van der Waals surface area contributed by atoms with Gasteiger partial charge in [-0.05, 0) is 12.1 Å². The van der Waals surface area contributed by atoms with Gasteiger partial charge < -0.3 is 0 Å². The van der Waals surface area contributed by atoms with Crippen LogP contribution in [0.1, 0.15) is 6.92 Å². The van der Waals surface area contributed by atoms with E-state index in [1.54, 1.807) is 30.3 Å². The number of rotatable bonds is 1. The first-order valence-corrected chi connectivity index (χ1v) is 5.13. The largest absolute Gasteiger partial charge is 0.406 e. The van der Waals surface area contributed by atoms with Gasteiger partial charge in [0.25, 0.3) is 0 Å². The van der Waals surface area contributed by atoms with Gasteiger partial charge >= 0.3 is 6.18 Å². The van der Waals surface area contributed by atoms with Crippen molar-refractivity contribution in [3.05, 3.63) is 30.3 Å². The summed E-state index contributed by atoms with van der Waals surface area (Å²) in [5, 5.41) is 0.961. The van der Waals surface area contributed by atoms with E-state index >= 15 is 0 Å². The van der Waals surface area contributed by atoms with Crippen LogP contribution in [0, 0.1) is 5.92 Å². The molecule has 0 spiro atoms. The summed E-state index contributed by atoms with van der Waals surface area (Å²) in [5.41, 5.74) is 2.62. The molecule has 0 bridgehead atoms. The Bertz CT molecular complexity index is 418. The van der Waals surface area contributed by atoms with Gasteiger partial charge in [-0.1, -0.05) is 25.1 Å². The van der Waals surface area contributed by atoms with Gasteiger partial charge in [-0.2, -0.15) is 13.2 Å². The first-order chi connectivity index (χ1) is 7.91. The van der Waals surface area contributed by atoms with Crippen LogP contribution in [0.25, 0.3) is 0 Å². The molecule has 6 heteroatoms. The van der Waals surface area contributed by atoms with Crippen LogP contribution in [0.2, 0.25) is 0 Å². The van der Waals surface area contributed by atoms with E-state index in [-0.39, 0.29) is 0 Å². The fourth-order valence-corrected chi connectivity index (χ4v) is 1.80. The van der Waals surface area contributed by atoms with Gasteiger partial charge in [-0.3, -0.25) is 4.79 Å². The number of nitrogens with one attached hydrogen (secondary N) is 1. The van der Waals surface area contributed by atoms with Gasteiger partial charge in [0.1, 0.15) is 6.04 Å². The number of hydrogen-bond acceptors (Lipinski definition) is 2. The summed E-state index contributed by atoms with van der Waals surface area (Å²) in [4.78, 5) is 11.7. The molecule has 17 heavy (non-hydrogen) atoms. The third-order valence-corrected chi connectivity index (χ3v) is 2.75. The molecular formula is C11H11F3N2O. The molecular weight excluding hydrogens is 233 g/mol. The number of amides is 1. The smallest absolute Gasteiger partial charge is 0.273 e. The molecule has 1 saturated heterocycles. The Kier molecular flexibility index (Phi) is 2.82. The Morgan fingerprint density at radius 3 is 2.29 bits per heavy atom. The molecule has 2 rings (SSSR count). The van der Waals surface area contributed by atoms with E-state index in [0.717, 1.165) is 5.01 Å². The molecule has 0 radical (unpaired) electrons. The van der Waals surface area contributed by atoms with Crippen molar-refractivity contribution in [2.24, 2.45) is 5.92 Å². The molecule has 0 aromatic heterocycles. The van der Waals surface area contributed by atoms with Crippen LogP contribution >= 0.6 is 0 Å². The number of nitrogens with zero attached hydrogens (tertiary/aromatic N) is 1. The lowest BCUT2D eigenvalue weighted by Gasteiger charge is -2.19. The minimum absolute atomic E-state index is 0.413. The summed E-state index contributed by atoms with van der Waals surface area (Å²) < 4.78 is 37.9. The maximum atomic E-state index is 12.6. The Labute approximate surface area is 96.2 Å². The summed E-state index contributed by atoms with van der Waals surface area (Å²) >= 11 is 0. The number of carbonyl (C=O) groups is 1. The van der Waals surface area contributed by atoms with Gasteiger partial charge in [-0.25, -0.2) is 10.4 Å². The van der Waals surface area contributed by atoms with E-state index in [1.807, 2.05) is 0 Å². The summed E-state index contributed by atoms with van der Waals surface area (Å²) in [7, 11) is 0. The van der Waals surface area contributed by atoms with Crippen LogP contribution in [0.5, 0.6) is 0 Å². The quantitative estimate of drug-likeness (QED) is 0.820. The Hall–Kier alpha value is -1.56. The number of hydrazine groups is 1. The fraction of sp³-hybridized carbons (Fsp3) is 0.364. The third-order valence-electron chi connectivity index (χ3n) is 2.75. The zero-order valence-electron chi connectivity index (χ0n) is 9.03. The predicted octanol–water partition coefficient (Wildman–Crippen LogP) is 2.10. The number of halogens is 3. The van der Waals surface area contributed by atoms with E-state index < -0.39 is 24.0 Å². The molecule has 1 aliphatic heterocycles. The second-order valence-corrected chi connectivity index (χ2v) is 3.95. The molecule has 0 aliphatic carbocycles. The molecule has 1 aliphatic rings. The number of benzene rings is 1. The number of para-hydroxylation sites is 1. The highest BCUT2D eigenvalue weighted by Gasteiger charge is 2.52. The minimum atomic E-state index is -4.43. The molecule has 3 nitrogen and oxygen atoms in total. The van der Waals surface area contributed by atoms with Crippen LogP contribution in [-0.4, -0.2) is 18.1 Å². The van der Waals surface area contributed by atoms with Crippen molar-refractivity contribution in [1.82, 2.24) is 5.43 Å². The van der Waals surface area contributed by atoms with Crippen LogP contribution < -0.4 is 10.4 Å². The lowest BCUT2D eigenvalue weighted by molar-refractivity contribution is -0.161. The number of anilines is 1. The van der Waals surface area contributed by atoms with Gasteiger partial charge in [0.05, 0.1) is 11.6 Å². The zero-order valence-corrected chi connectivity index (χ0v) is 9.03. The summed E-state index contributed by atoms with van der Waals surface area (Å²) in [6.45, 7) is 1.27. The van der Waals surface area contributed by atoms with Crippen LogP contribution in [-0.2, 0) is 4.79 Å². The monoisotopic (exact) mass is 244 g/mol. The van der Waals surface area contributed by atoms with E-state index in [2.05, 4.69) is 5.43 Å². The SMILES string of the molecule is C[C@@H]1C(=O)N(c2ccccc2)N[C@H]1C(F)(F)F. The molecule has 1 amide bonds. The van der Waals surface area contributed by atoms with E-state index in [4.69, 9.17) is 0 Å². The standard InChI is InChI=1S/C11H11F3N2O/c1-7-9(11(12,13)14)15-16(10(7)17)8-5-3-2-4-6-8/h2-7,9,15H,1H3/t7-,9+/m0/s1. The van der Waals surface area contributed by atoms with Gasteiger partial charge in [0.2, 0.25) is 5.91 Å². The number of hydrogen-bond donors (Lipinski definition) is 1. The van der Waals surface area contributed by atoms with E-state index in [0.29, 0.717) is 5.69 Å². The first kappa shape index (κ1) is 11.9.